The summed E-state index contributed by atoms with van der Waals surface area (Å²) in [5.74, 6) is -0.0962. The fourth-order valence-electron chi connectivity index (χ4n) is 2.99. The van der Waals surface area contributed by atoms with Gasteiger partial charge in [0.2, 0.25) is 0 Å². The number of carbonyl (C=O) groups is 1. The number of benzene rings is 1. The standard InChI is InChI=1S/C16H21N3O6/c20-13-9-17-3-2-10(13)8-18-16(21)12-6-11(19(22)23)7-14-15(12)25-5-1-4-24-14/h6-7,10,13,17,20H,1-5,8-9H2,(H,18,21)/t10-,13?/m0/s1. The number of fused-ring (bicyclic) bond motifs is 1. The van der Waals surface area contributed by atoms with Crippen molar-refractivity contribution in [2.45, 2.75) is 18.9 Å². The molecule has 2 atom stereocenters. The monoisotopic (exact) mass is 351 g/mol. The molecular formula is C16H21N3O6. The van der Waals surface area contributed by atoms with Crippen molar-refractivity contribution in [2.24, 2.45) is 5.92 Å². The summed E-state index contributed by atoms with van der Waals surface area (Å²) in [6.07, 6.45) is 0.842. The Morgan fingerprint density at radius 3 is 2.96 bits per heavy atom. The van der Waals surface area contributed by atoms with Crippen LogP contribution in [0.15, 0.2) is 12.1 Å². The van der Waals surface area contributed by atoms with E-state index in [1.807, 2.05) is 0 Å². The van der Waals surface area contributed by atoms with Crippen molar-refractivity contribution in [3.63, 3.8) is 0 Å². The summed E-state index contributed by atoms with van der Waals surface area (Å²) in [6, 6.07) is 2.47. The number of amides is 1. The molecule has 9 nitrogen and oxygen atoms in total. The number of aliphatic hydroxyl groups excluding tert-OH is 1. The molecule has 1 aromatic carbocycles. The number of hydrogen-bond acceptors (Lipinski definition) is 7. The molecule has 2 aliphatic rings. The van der Waals surface area contributed by atoms with Gasteiger partial charge in [-0.15, -0.1) is 0 Å². The van der Waals surface area contributed by atoms with E-state index in [0.717, 1.165) is 13.0 Å². The summed E-state index contributed by atoms with van der Waals surface area (Å²) in [5, 5.41) is 26.9. The normalized spacial score (nSPS) is 22.8. The molecule has 2 aliphatic heterocycles. The lowest BCUT2D eigenvalue weighted by atomic mass is 9.95. The Morgan fingerprint density at radius 1 is 1.40 bits per heavy atom. The smallest absolute Gasteiger partial charge is 0.274 e. The molecule has 3 N–H and O–H groups in total. The van der Waals surface area contributed by atoms with E-state index in [4.69, 9.17) is 9.47 Å². The largest absolute Gasteiger partial charge is 0.489 e. The lowest BCUT2D eigenvalue weighted by Gasteiger charge is -2.28. The topological polar surface area (TPSA) is 123 Å². The van der Waals surface area contributed by atoms with E-state index in [0.29, 0.717) is 32.7 Å². The minimum atomic E-state index is -0.568. The van der Waals surface area contributed by atoms with Gasteiger partial charge >= 0.3 is 0 Å². The number of non-ortho nitro benzene ring substituents is 1. The maximum absolute atomic E-state index is 12.6. The minimum Gasteiger partial charge on any atom is -0.489 e. The maximum atomic E-state index is 12.6. The Kier molecular flexibility index (Phi) is 5.34. The Hall–Kier alpha value is -2.39. The van der Waals surface area contributed by atoms with Crippen molar-refractivity contribution in [1.82, 2.24) is 10.6 Å². The van der Waals surface area contributed by atoms with E-state index < -0.39 is 16.9 Å². The summed E-state index contributed by atoms with van der Waals surface area (Å²) in [4.78, 5) is 23.2. The van der Waals surface area contributed by atoms with Crippen LogP contribution in [-0.4, -0.2) is 54.9 Å². The number of nitro benzene ring substituents is 1. The second kappa shape index (κ2) is 7.66. The van der Waals surface area contributed by atoms with Crippen LogP contribution >= 0.6 is 0 Å². The predicted molar refractivity (Wildman–Crippen MR) is 88.0 cm³/mol. The minimum absolute atomic E-state index is 0.0559. The zero-order chi connectivity index (χ0) is 17.8. The lowest BCUT2D eigenvalue weighted by Crippen LogP contribution is -2.45. The maximum Gasteiger partial charge on any atom is 0.274 e. The molecule has 1 amide bonds. The Balaban J connectivity index is 1.80. The number of aliphatic hydroxyl groups is 1. The summed E-state index contributed by atoms with van der Waals surface area (Å²) >= 11 is 0. The van der Waals surface area contributed by atoms with E-state index in [2.05, 4.69) is 10.6 Å². The van der Waals surface area contributed by atoms with Gasteiger partial charge in [0.25, 0.3) is 11.6 Å². The fraction of sp³-hybridized carbons (Fsp3) is 0.562. The molecule has 1 aromatic rings. The molecule has 136 valence electrons. The third kappa shape index (κ3) is 3.99. The number of nitrogens with zero attached hydrogens (tertiary/aromatic N) is 1. The highest BCUT2D eigenvalue weighted by Crippen LogP contribution is 2.37. The van der Waals surface area contributed by atoms with Crippen LogP contribution in [0.5, 0.6) is 11.5 Å². The molecule has 2 heterocycles. The fourth-order valence-corrected chi connectivity index (χ4v) is 2.99. The summed E-state index contributed by atoms with van der Waals surface area (Å²) in [5.41, 5.74) is -0.147. The average molecular weight is 351 g/mol. The number of nitrogens with one attached hydrogen (secondary N) is 2. The highest BCUT2D eigenvalue weighted by atomic mass is 16.6. The highest BCUT2D eigenvalue weighted by molar-refractivity contribution is 5.98. The van der Waals surface area contributed by atoms with Crippen LogP contribution in [0, 0.1) is 16.0 Å². The van der Waals surface area contributed by atoms with Gasteiger partial charge in [-0.3, -0.25) is 14.9 Å². The van der Waals surface area contributed by atoms with Crippen molar-refractivity contribution in [3.8, 4) is 11.5 Å². The van der Waals surface area contributed by atoms with Crippen LogP contribution in [0.25, 0.3) is 0 Å². The Morgan fingerprint density at radius 2 is 2.20 bits per heavy atom. The van der Waals surface area contributed by atoms with E-state index in [1.165, 1.54) is 12.1 Å². The third-order valence-electron chi connectivity index (χ3n) is 4.40. The number of rotatable bonds is 4. The van der Waals surface area contributed by atoms with Gasteiger partial charge in [0.15, 0.2) is 11.5 Å². The van der Waals surface area contributed by atoms with Crippen LogP contribution in [-0.2, 0) is 0 Å². The van der Waals surface area contributed by atoms with Gasteiger partial charge in [-0.05, 0) is 13.0 Å². The number of piperidine rings is 1. The van der Waals surface area contributed by atoms with Crippen LogP contribution in [0.3, 0.4) is 0 Å². The number of β-amino-alcohol motifs (C(OH)–C–C–N with tert-alkyl or cyclic N) is 1. The molecule has 25 heavy (non-hydrogen) atoms. The summed E-state index contributed by atoms with van der Waals surface area (Å²) < 4.78 is 11.1. The van der Waals surface area contributed by atoms with Crippen LogP contribution < -0.4 is 20.1 Å². The first-order valence-electron chi connectivity index (χ1n) is 8.31. The molecule has 1 fully saturated rings. The van der Waals surface area contributed by atoms with E-state index in [-0.39, 0.29) is 28.7 Å². The van der Waals surface area contributed by atoms with Gasteiger partial charge in [-0.1, -0.05) is 0 Å². The number of nitro groups is 1. The molecular weight excluding hydrogens is 330 g/mol. The quantitative estimate of drug-likeness (QED) is 0.532. The highest BCUT2D eigenvalue weighted by Gasteiger charge is 2.27. The van der Waals surface area contributed by atoms with Crippen molar-refractivity contribution in [2.75, 3.05) is 32.8 Å². The van der Waals surface area contributed by atoms with Crippen LogP contribution in [0.4, 0.5) is 5.69 Å². The number of carbonyl (C=O) groups excluding carboxylic acids is 1. The van der Waals surface area contributed by atoms with E-state index in [1.54, 1.807) is 0 Å². The average Bonchev–Trinajstić information content (AvgIpc) is 2.85. The van der Waals surface area contributed by atoms with E-state index >= 15 is 0 Å². The first-order valence-corrected chi connectivity index (χ1v) is 8.31. The molecule has 0 bridgehead atoms. The van der Waals surface area contributed by atoms with Crippen molar-refractivity contribution < 1.29 is 24.3 Å². The number of ether oxygens (including phenoxy) is 2. The molecule has 0 spiro atoms. The first-order chi connectivity index (χ1) is 12.1. The Labute approximate surface area is 144 Å². The zero-order valence-electron chi connectivity index (χ0n) is 13.7. The van der Waals surface area contributed by atoms with Gasteiger partial charge < -0.3 is 25.2 Å². The van der Waals surface area contributed by atoms with Gasteiger partial charge in [-0.2, -0.15) is 0 Å². The third-order valence-corrected chi connectivity index (χ3v) is 4.40. The van der Waals surface area contributed by atoms with Crippen molar-refractivity contribution in [3.05, 3.63) is 27.8 Å². The molecule has 9 heteroatoms. The SMILES string of the molecule is O=C(NC[C@@H]1CCNCC1O)c1cc([N+](=O)[O-])cc2c1OCCCO2. The first kappa shape index (κ1) is 17.4. The van der Waals surface area contributed by atoms with Crippen molar-refractivity contribution in [1.29, 1.82) is 0 Å². The second-order valence-electron chi connectivity index (χ2n) is 6.16. The molecule has 0 aromatic heterocycles. The van der Waals surface area contributed by atoms with Crippen LogP contribution in [0.1, 0.15) is 23.2 Å². The predicted octanol–water partition coefficient (Wildman–Crippen LogP) is 0.456. The molecule has 1 saturated heterocycles. The van der Waals surface area contributed by atoms with Gasteiger partial charge in [-0.25, -0.2) is 0 Å². The summed E-state index contributed by atoms with van der Waals surface area (Å²) in [6.45, 7) is 2.30. The van der Waals surface area contributed by atoms with Crippen LogP contribution in [0.2, 0.25) is 0 Å². The zero-order valence-corrected chi connectivity index (χ0v) is 13.7. The Bertz CT molecular complexity index is 666. The number of hydrogen-bond donors (Lipinski definition) is 3. The second-order valence-corrected chi connectivity index (χ2v) is 6.16. The molecule has 3 rings (SSSR count). The molecule has 0 radical (unpaired) electrons. The van der Waals surface area contributed by atoms with Gasteiger partial charge in [0, 0.05) is 31.5 Å². The molecule has 0 aliphatic carbocycles. The van der Waals surface area contributed by atoms with Gasteiger partial charge in [0.1, 0.15) is 0 Å². The summed E-state index contributed by atoms with van der Waals surface area (Å²) in [7, 11) is 0. The molecule has 1 unspecified atom stereocenters. The lowest BCUT2D eigenvalue weighted by molar-refractivity contribution is -0.385. The van der Waals surface area contributed by atoms with E-state index in [9.17, 15) is 20.0 Å². The van der Waals surface area contributed by atoms with Gasteiger partial charge in [0.05, 0.1) is 35.9 Å². The molecule has 0 saturated carbocycles. The van der Waals surface area contributed by atoms with Crippen molar-refractivity contribution >= 4 is 11.6 Å².